The van der Waals surface area contributed by atoms with Crippen molar-refractivity contribution >= 4 is 25.7 Å². The number of aryl methyl sites for hydroxylation is 1. The lowest BCUT2D eigenvalue weighted by Gasteiger charge is -2.29. The Balaban J connectivity index is 1.95. The lowest BCUT2D eigenvalue weighted by Crippen LogP contribution is -2.38. The molecule has 146 valence electrons. The molecular weight excluding hydrogens is 384 g/mol. The Hall–Kier alpha value is -1.90. The lowest BCUT2D eigenvalue weighted by molar-refractivity contribution is 0.466. The molecule has 0 N–H and O–H groups in total. The average molecular weight is 409 g/mol. The summed E-state index contributed by atoms with van der Waals surface area (Å²) in [5, 5.41) is 0. The normalized spacial score (nSPS) is 17.2. The Labute approximate surface area is 161 Å². The Kier molecular flexibility index (Phi) is 5.60. The van der Waals surface area contributed by atoms with Crippen LogP contribution in [0.1, 0.15) is 24.0 Å². The largest absolute Gasteiger partial charge is 0.270 e. The zero-order chi connectivity index (χ0) is 19.7. The van der Waals surface area contributed by atoms with Gasteiger partial charge in [0.1, 0.15) is 0 Å². The first kappa shape index (κ1) is 19.9. The highest BCUT2D eigenvalue weighted by Gasteiger charge is 2.29. The van der Waals surface area contributed by atoms with Crippen molar-refractivity contribution in [3.63, 3.8) is 0 Å². The molecular formula is C19H24N2O4S2. The minimum Gasteiger partial charge on any atom is -0.270 e. The van der Waals surface area contributed by atoms with Crippen molar-refractivity contribution in [3.8, 4) is 0 Å². The molecule has 0 unspecified atom stereocenters. The number of benzene rings is 2. The van der Waals surface area contributed by atoms with Gasteiger partial charge in [0.2, 0.25) is 20.0 Å². The Bertz CT molecular complexity index is 1020. The van der Waals surface area contributed by atoms with Crippen molar-refractivity contribution in [2.45, 2.75) is 31.2 Å². The van der Waals surface area contributed by atoms with Gasteiger partial charge in [-0.1, -0.05) is 36.4 Å². The first-order valence-electron chi connectivity index (χ1n) is 8.83. The predicted molar refractivity (Wildman–Crippen MR) is 107 cm³/mol. The highest BCUT2D eigenvalue weighted by atomic mass is 32.2. The van der Waals surface area contributed by atoms with Crippen LogP contribution in [-0.4, -0.2) is 40.5 Å². The lowest BCUT2D eigenvalue weighted by atomic mass is 10.2. The zero-order valence-electron chi connectivity index (χ0n) is 15.5. The van der Waals surface area contributed by atoms with Gasteiger partial charge in [-0.25, -0.2) is 16.8 Å². The summed E-state index contributed by atoms with van der Waals surface area (Å²) < 4.78 is 53.6. The summed E-state index contributed by atoms with van der Waals surface area (Å²) in [6, 6.07) is 14.2. The fraction of sp³-hybridized carbons (Fsp3) is 0.368. The van der Waals surface area contributed by atoms with Gasteiger partial charge in [0.25, 0.3) is 0 Å². The molecule has 6 nitrogen and oxygen atoms in total. The highest BCUT2D eigenvalue weighted by Crippen LogP contribution is 2.29. The van der Waals surface area contributed by atoms with Crippen molar-refractivity contribution < 1.29 is 16.8 Å². The molecule has 1 aliphatic rings. The van der Waals surface area contributed by atoms with Crippen LogP contribution >= 0.6 is 0 Å². The minimum atomic E-state index is -3.75. The van der Waals surface area contributed by atoms with Crippen LogP contribution in [0.3, 0.4) is 0 Å². The summed E-state index contributed by atoms with van der Waals surface area (Å²) in [6.45, 7) is 2.34. The molecule has 0 bridgehead atoms. The molecule has 0 aromatic heterocycles. The van der Waals surface area contributed by atoms with E-state index in [2.05, 4.69) is 0 Å². The van der Waals surface area contributed by atoms with Gasteiger partial charge in [-0.2, -0.15) is 4.31 Å². The molecule has 0 spiro atoms. The molecule has 1 heterocycles. The first-order chi connectivity index (χ1) is 12.7. The van der Waals surface area contributed by atoms with Crippen LogP contribution in [-0.2, 0) is 26.6 Å². The minimum absolute atomic E-state index is 0.0941. The van der Waals surface area contributed by atoms with Crippen LogP contribution in [0.15, 0.2) is 53.4 Å². The van der Waals surface area contributed by atoms with Crippen LogP contribution < -0.4 is 4.31 Å². The van der Waals surface area contributed by atoms with Crippen molar-refractivity contribution in [3.05, 3.63) is 59.7 Å². The van der Waals surface area contributed by atoms with E-state index in [1.807, 2.05) is 30.3 Å². The number of anilines is 1. The van der Waals surface area contributed by atoms with E-state index in [-0.39, 0.29) is 17.2 Å². The standard InChI is InChI=1S/C19H24N2O4S2/c1-16-10-11-18(21-12-6-7-13-26(21,22)23)14-19(16)27(24,25)20(2)15-17-8-4-3-5-9-17/h3-5,8-11,14H,6-7,12-13,15H2,1-2H3. The van der Waals surface area contributed by atoms with Crippen LogP contribution in [0, 0.1) is 6.92 Å². The summed E-state index contributed by atoms with van der Waals surface area (Å²) in [7, 11) is -5.62. The Morgan fingerprint density at radius 3 is 2.44 bits per heavy atom. The van der Waals surface area contributed by atoms with Crippen LogP contribution in [0.5, 0.6) is 0 Å². The zero-order valence-corrected chi connectivity index (χ0v) is 17.1. The van der Waals surface area contributed by atoms with E-state index in [0.29, 0.717) is 24.2 Å². The van der Waals surface area contributed by atoms with Gasteiger partial charge >= 0.3 is 0 Å². The second kappa shape index (κ2) is 7.61. The third kappa shape index (κ3) is 4.17. The van der Waals surface area contributed by atoms with Gasteiger partial charge in [0.15, 0.2) is 0 Å². The highest BCUT2D eigenvalue weighted by molar-refractivity contribution is 7.92. The second-order valence-electron chi connectivity index (χ2n) is 6.79. The number of hydrogen-bond acceptors (Lipinski definition) is 4. The van der Waals surface area contributed by atoms with Crippen molar-refractivity contribution in [2.75, 3.05) is 23.7 Å². The van der Waals surface area contributed by atoms with Crippen molar-refractivity contribution in [2.24, 2.45) is 0 Å². The maximum atomic E-state index is 13.1. The molecule has 8 heteroatoms. The van der Waals surface area contributed by atoms with Gasteiger partial charge in [0, 0.05) is 20.1 Å². The molecule has 2 aromatic carbocycles. The molecule has 0 radical (unpaired) electrons. The molecule has 0 aliphatic carbocycles. The molecule has 1 saturated heterocycles. The summed E-state index contributed by atoms with van der Waals surface area (Å²) >= 11 is 0. The van der Waals surface area contributed by atoms with Gasteiger partial charge in [-0.3, -0.25) is 4.31 Å². The quantitative estimate of drug-likeness (QED) is 0.762. The monoisotopic (exact) mass is 408 g/mol. The van der Waals surface area contributed by atoms with E-state index in [4.69, 9.17) is 0 Å². The van der Waals surface area contributed by atoms with Gasteiger partial charge in [-0.05, 0) is 43.0 Å². The molecule has 0 atom stereocenters. The summed E-state index contributed by atoms with van der Waals surface area (Å²) in [4.78, 5) is 0.138. The number of rotatable bonds is 5. The third-order valence-corrected chi connectivity index (χ3v) is 8.56. The van der Waals surface area contributed by atoms with Gasteiger partial charge in [0.05, 0.1) is 16.3 Å². The van der Waals surface area contributed by atoms with E-state index < -0.39 is 20.0 Å². The summed E-state index contributed by atoms with van der Waals surface area (Å²) in [5.41, 5.74) is 1.89. The van der Waals surface area contributed by atoms with E-state index in [1.165, 1.54) is 21.7 Å². The molecule has 27 heavy (non-hydrogen) atoms. The number of nitrogens with zero attached hydrogens (tertiary/aromatic N) is 2. The smallest absolute Gasteiger partial charge is 0.243 e. The first-order valence-corrected chi connectivity index (χ1v) is 11.9. The summed E-state index contributed by atoms with van der Waals surface area (Å²) in [5.74, 6) is 0.0941. The van der Waals surface area contributed by atoms with Crippen LogP contribution in [0.25, 0.3) is 0 Å². The van der Waals surface area contributed by atoms with Crippen molar-refractivity contribution in [1.82, 2.24) is 4.31 Å². The van der Waals surface area contributed by atoms with E-state index in [0.717, 1.165) is 12.0 Å². The van der Waals surface area contributed by atoms with E-state index in [9.17, 15) is 16.8 Å². The third-order valence-electron chi connectivity index (χ3n) is 4.75. The SMILES string of the molecule is Cc1ccc(N2CCCCS2(=O)=O)cc1S(=O)(=O)N(C)Cc1ccccc1. The fourth-order valence-corrected chi connectivity index (χ4v) is 6.22. The topological polar surface area (TPSA) is 74.8 Å². The molecule has 1 aliphatic heterocycles. The van der Waals surface area contributed by atoms with E-state index >= 15 is 0 Å². The Morgan fingerprint density at radius 1 is 1.07 bits per heavy atom. The summed E-state index contributed by atoms with van der Waals surface area (Å²) in [6.07, 6.45) is 1.40. The molecule has 1 fully saturated rings. The van der Waals surface area contributed by atoms with Crippen molar-refractivity contribution in [1.29, 1.82) is 0 Å². The maximum Gasteiger partial charge on any atom is 0.243 e. The molecule has 0 amide bonds. The van der Waals surface area contributed by atoms with Gasteiger partial charge in [-0.15, -0.1) is 0 Å². The van der Waals surface area contributed by atoms with Crippen LogP contribution in [0.4, 0.5) is 5.69 Å². The molecule has 3 rings (SSSR count). The second-order valence-corrected chi connectivity index (χ2v) is 10.8. The van der Waals surface area contributed by atoms with E-state index in [1.54, 1.807) is 19.1 Å². The number of hydrogen-bond donors (Lipinski definition) is 0. The predicted octanol–water partition coefficient (Wildman–Crippen LogP) is 2.75. The van der Waals surface area contributed by atoms with Gasteiger partial charge < -0.3 is 0 Å². The number of sulfonamides is 2. The van der Waals surface area contributed by atoms with Crippen LogP contribution in [0.2, 0.25) is 0 Å². The Morgan fingerprint density at radius 2 is 1.78 bits per heavy atom. The molecule has 0 saturated carbocycles. The average Bonchev–Trinajstić information content (AvgIpc) is 2.63. The maximum absolute atomic E-state index is 13.1. The molecule has 2 aromatic rings. The fourth-order valence-electron chi connectivity index (χ4n) is 3.19.